The Morgan fingerprint density at radius 3 is 2.48 bits per heavy atom. The highest BCUT2D eigenvalue weighted by Crippen LogP contribution is 2.38. The van der Waals surface area contributed by atoms with Gasteiger partial charge in [-0.25, -0.2) is 4.79 Å². The highest BCUT2D eigenvalue weighted by atomic mass is 35.5. The van der Waals surface area contributed by atoms with E-state index in [0.29, 0.717) is 28.4 Å². The van der Waals surface area contributed by atoms with Crippen molar-refractivity contribution < 1.29 is 14.4 Å². The topological polar surface area (TPSA) is 81.8 Å². The molecule has 2 atom stereocenters. The van der Waals surface area contributed by atoms with Crippen molar-refractivity contribution >= 4 is 35.1 Å². The lowest BCUT2D eigenvalue weighted by atomic mass is 9.95. The SMILES string of the molecule is C=CCN1C(=O)N[C@H](c2ccc(Cl)cc2)C2=C1CN([C@H](Cc1ccccc1)C(=O)Nc1ccc(C)c(C)c1)C2=O. The maximum absolute atomic E-state index is 14.2. The molecule has 0 radical (unpaired) electrons. The highest BCUT2D eigenvalue weighted by molar-refractivity contribution is 6.30. The van der Waals surface area contributed by atoms with Gasteiger partial charge in [0.25, 0.3) is 5.91 Å². The quantitative estimate of drug-likeness (QED) is 0.358. The number of hydrogen-bond acceptors (Lipinski definition) is 3. The second-order valence-corrected chi connectivity index (χ2v) is 10.6. The van der Waals surface area contributed by atoms with Gasteiger partial charge in [-0.15, -0.1) is 6.58 Å². The Balaban J connectivity index is 1.52. The zero-order chi connectivity index (χ0) is 28.4. The van der Waals surface area contributed by atoms with Crippen LogP contribution in [0.25, 0.3) is 0 Å². The molecule has 0 spiro atoms. The normalized spacial score (nSPS) is 17.4. The number of benzene rings is 3. The molecular formula is C32H31ClN4O3. The molecule has 4 amide bonds. The summed E-state index contributed by atoms with van der Waals surface area (Å²) in [6.07, 6.45) is 1.94. The molecule has 2 aliphatic rings. The first kappa shape index (κ1) is 27.2. The molecule has 8 heteroatoms. The van der Waals surface area contributed by atoms with Crippen LogP contribution < -0.4 is 10.6 Å². The minimum Gasteiger partial charge on any atom is -0.326 e. The molecule has 3 aromatic rings. The van der Waals surface area contributed by atoms with Crippen molar-refractivity contribution in [1.29, 1.82) is 0 Å². The number of rotatable bonds is 8. The van der Waals surface area contributed by atoms with E-state index in [1.54, 1.807) is 35.2 Å². The van der Waals surface area contributed by atoms with Gasteiger partial charge in [0.2, 0.25) is 5.91 Å². The molecule has 0 saturated carbocycles. The molecule has 0 bridgehead atoms. The van der Waals surface area contributed by atoms with Crippen molar-refractivity contribution in [2.75, 3.05) is 18.4 Å². The first-order valence-electron chi connectivity index (χ1n) is 13.2. The minimum atomic E-state index is -0.811. The van der Waals surface area contributed by atoms with Crippen LogP contribution in [-0.2, 0) is 16.0 Å². The van der Waals surface area contributed by atoms with Crippen LogP contribution in [0, 0.1) is 13.8 Å². The Hall–Kier alpha value is -4.36. The van der Waals surface area contributed by atoms with Crippen molar-refractivity contribution in [1.82, 2.24) is 15.1 Å². The van der Waals surface area contributed by atoms with E-state index in [9.17, 15) is 14.4 Å². The van der Waals surface area contributed by atoms with Gasteiger partial charge in [-0.3, -0.25) is 14.5 Å². The molecule has 2 aliphatic heterocycles. The van der Waals surface area contributed by atoms with Gasteiger partial charge in [0.15, 0.2) is 0 Å². The summed E-state index contributed by atoms with van der Waals surface area (Å²) in [5.74, 6) is -0.585. The number of aryl methyl sites for hydroxylation is 2. The molecule has 2 heterocycles. The molecule has 0 fully saturated rings. The van der Waals surface area contributed by atoms with E-state index in [1.807, 2.05) is 62.4 Å². The van der Waals surface area contributed by atoms with Gasteiger partial charge in [-0.1, -0.05) is 66.2 Å². The van der Waals surface area contributed by atoms with E-state index in [0.717, 1.165) is 22.3 Å². The third-order valence-corrected chi connectivity index (χ3v) is 7.74. The van der Waals surface area contributed by atoms with E-state index >= 15 is 0 Å². The number of halogens is 1. The average molecular weight is 555 g/mol. The number of anilines is 1. The third-order valence-electron chi connectivity index (χ3n) is 7.49. The molecular weight excluding hydrogens is 524 g/mol. The smallest absolute Gasteiger partial charge is 0.322 e. The van der Waals surface area contributed by atoms with Crippen LogP contribution >= 0.6 is 11.6 Å². The van der Waals surface area contributed by atoms with Crippen molar-refractivity contribution in [3.8, 4) is 0 Å². The predicted octanol–water partition coefficient (Wildman–Crippen LogP) is 5.56. The van der Waals surface area contributed by atoms with Crippen LogP contribution in [-0.4, -0.2) is 46.8 Å². The van der Waals surface area contributed by atoms with Crippen molar-refractivity contribution in [3.63, 3.8) is 0 Å². The molecule has 0 unspecified atom stereocenters. The minimum absolute atomic E-state index is 0.122. The third kappa shape index (κ3) is 5.38. The van der Waals surface area contributed by atoms with Crippen LogP contribution in [0.15, 0.2) is 96.7 Å². The molecule has 5 rings (SSSR count). The number of urea groups is 1. The number of nitrogens with zero attached hydrogens (tertiary/aromatic N) is 2. The summed E-state index contributed by atoms with van der Waals surface area (Å²) < 4.78 is 0. The van der Waals surface area contributed by atoms with E-state index < -0.39 is 12.1 Å². The summed E-state index contributed by atoms with van der Waals surface area (Å²) in [6, 6.07) is 20.6. The Kier molecular flexibility index (Phi) is 7.76. The van der Waals surface area contributed by atoms with Crippen LogP contribution in [0.1, 0.15) is 28.3 Å². The van der Waals surface area contributed by atoms with Crippen LogP contribution in [0.3, 0.4) is 0 Å². The number of carbonyl (C=O) groups is 3. The molecule has 0 aliphatic carbocycles. The molecule has 7 nitrogen and oxygen atoms in total. The average Bonchev–Trinajstić information content (AvgIpc) is 3.28. The van der Waals surface area contributed by atoms with Gasteiger partial charge in [-0.2, -0.15) is 0 Å². The first-order chi connectivity index (χ1) is 19.3. The van der Waals surface area contributed by atoms with E-state index in [2.05, 4.69) is 17.2 Å². The Labute approximate surface area is 239 Å². The van der Waals surface area contributed by atoms with Crippen LogP contribution in [0.2, 0.25) is 5.02 Å². The zero-order valence-corrected chi connectivity index (χ0v) is 23.2. The summed E-state index contributed by atoms with van der Waals surface area (Å²) in [5.41, 5.74) is 5.52. The largest absolute Gasteiger partial charge is 0.326 e. The zero-order valence-electron chi connectivity index (χ0n) is 22.5. The fourth-order valence-electron chi connectivity index (χ4n) is 5.22. The standard InChI is InChI=1S/C32H31ClN4O3/c1-4-16-36-27-19-37(31(39)28(27)29(35-32(36)40)23-11-13-24(33)14-12-23)26(18-22-8-6-5-7-9-22)30(38)34-25-15-10-20(2)21(3)17-25/h4-15,17,26,29H,1,16,18-19H2,2-3H3,(H,34,38)(H,35,40)/t26-,29-/m1/s1. The van der Waals surface area contributed by atoms with Crippen molar-refractivity contribution in [2.24, 2.45) is 0 Å². The van der Waals surface area contributed by atoms with Crippen molar-refractivity contribution in [3.05, 3.63) is 124 Å². The summed E-state index contributed by atoms with van der Waals surface area (Å²) in [5, 5.41) is 6.55. The molecule has 2 N–H and O–H groups in total. The Morgan fingerprint density at radius 2 is 1.80 bits per heavy atom. The van der Waals surface area contributed by atoms with Gasteiger partial charge >= 0.3 is 6.03 Å². The lowest BCUT2D eigenvalue weighted by Gasteiger charge is -2.33. The molecule has 40 heavy (non-hydrogen) atoms. The Morgan fingerprint density at radius 1 is 1.07 bits per heavy atom. The van der Waals surface area contributed by atoms with Gasteiger partial charge < -0.3 is 15.5 Å². The second kappa shape index (κ2) is 11.4. The van der Waals surface area contributed by atoms with Gasteiger partial charge in [-0.05, 0) is 60.4 Å². The van der Waals surface area contributed by atoms with Gasteiger partial charge in [0, 0.05) is 23.7 Å². The summed E-state index contributed by atoms with van der Waals surface area (Å²) >= 11 is 6.11. The van der Waals surface area contributed by atoms with Crippen LogP contribution in [0.4, 0.5) is 10.5 Å². The maximum Gasteiger partial charge on any atom is 0.322 e. The lowest BCUT2D eigenvalue weighted by Crippen LogP contribution is -2.47. The Bertz CT molecular complexity index is 1500. The number of carbonyl (C=O) groups excluding carboxylic acids is 3. The van der Waals surface area contributed by atoms with E-state index in [4.69, 9.17) is 11.6 Å². The fourth-order valence-corrected chi connectivity index (χ4v) is 5.35. The van der Waals surface area contributed by atoms with Crippen LogP contribution in [0.5, 0.6) is 0 Å². The van der Waals surface area contributed by atoms with Crippen molar-refractivity contribution in [2.45, 2.75) is 32.4 Å². The first-order valence-corrected chi connectivity index (χ1v) is 13.5. The molecule has 0 saturated heterocycles. The summed E-state index contributed by atoms with van der Waals surface area (Å²) in [4.78, 5) is 44.3. The van der Waals surface area contributed by atoms with E-state index in [-0.39, 0.29) is 30.9 Å². The summed E-state index contributed by atoms with van der Waals surface area (Å²) in [6.45, 7) is 8.15. The molecule has 204 valence electrons. The van der Waals surface area contributed by atoms with Gasteiger partial charge in [0.05, 0.1) is 23.9 Å². The maximum atomic E-state index is 14.2. The molecule has 0 aromatic heterocycles. The predicted molar refractivity (Wildman–Crippen MR) is 157 cm³/mol. The number of hydrogen-bond donors (Lipinski definition) is 2. The van der Waals surface area contributed by atoms with E-state index in [1.165, 1.54) is 4.90 Å². The lowest BCUT2D eigenvalue weighted by molar-refractivity contribution is -0.134. The highest BCUT2D eigenvalue weighted by Gasteiger charge is 2.47. The fraction of sp³-hybridized carbons (Fsp3) is 0.219. The monoisotopic (exact) mass is 554 g/mol. The van der Waals surface area contributed by atoms with Gasteiger partial charge in [0.1, 0.15) is 6.04 Å². The number of nitrogens with one attached hydrogen (secondary N) is 2. The summed E-state index contributed by atoms with van der Waals surface area (Å²) in [7, 11) is 0. The second-order valence-electron chi connectivity index (χ2n) is 10.1. The number of amides is 4. The molecule has 3 aromatic carbocycles.